The van der Waals surface area contributed by atoms with Gasteiger partial charge in [0.25, 0.3) is 0 Å². The number of nitrogens with two attached hydrogens (primary N) is 2. The standard InChI is InChI=1S/C7H10N4.C2H6/c1-10-11-7-3-2-5(8)4-6(7)9;1-2/h2-4H,8-9H2,1H3;1-2H3. The molecule has 0 saturated carbocycles. The van der Waals surface area contributed by atoms with E-state index in [4.69, 9.17) is 11.5 Å². The van der Waals surface area contributed by atoms with Gasteiger partial charge in [-0.15, -0.1) is 0 Å². The van der Waals surface area contributed by atoms with Crippen molar-refractivity contribution in [2.24, 2.45) is 10.2 Å². The Morgan fingerprint density at radius 1 is 1.15 bits per heavy atom. The van der Waals surface area contributed by atoms with E-state index < -0.39 is 0 Å². The molecule has 0 bridgehead atoms. The molecule has 4 heteroatoms. The maximum absolute atomic E-state index is 5.57. The highest BCUT2D eigenvalue weighted by atomic mass is 15.1. The zero-order chi connectivity index (χ0) is 10.3. The van der Waals surface area contributed by atoms with Crippen molar-refractivity contribution in [1.82, 2.24) is 0 Å². The Labute approximate surface area is 78.7 Å². The summed E-state index contributed by atoms with van der Waals surface area (Å²) in [4.78, 5) is 0. The van der Waals surface area contributed by atoms with Crippen LogP contribution in [0, 0.1) is 0 Å². The minimum absolute atomic E-state index is 0.551. The van der Waals surface area contributed by atoms with E-state index in [1.54, 1.807) is 25.2 Å². The highest BCUT2D eigenvalue weighted by molar-refractivity contribution is 5.67. The molecular formula is C9H16N4. The molecule has 0 amide bonds. The van der Waals surface area contributed by atoms with Crippen molar-refractivity contribution in [2.75, 3.05) is 18.5 Å². The fraction of sp³-hybridized carbons (Fsp3) is 0.333. The van der Waals surface area contributed by atoms with Crippen LogP contribution in [-0.4, -0.2) is 7.05 Å². The van der Waals surface area contributed by atoms with Crippen LogP contribution in [0.3, 0.4) is 0 Å². The lowest BCUT2D eigenvalue weighted by Gasteiger charge is -1.98. The molecule has 0 spiro atoms. The van der Waals surface area contributed by atoms with Gasteiger partial charge in [-0.25, -0.2) is 0 Å². The van der Waals surface area contributed by atoms with Gasteiger partial charge >= 0.3 is 0 Å². The van der Waals surface area contributed by atoms with Gasteiger partial charge in [-0.05, 0) is 18.2 Å². The monoisotopic (exact) mass is 180 g/mol. The van der Waals surface area contributed by atoms with Gasteiger partial charge in [0.15, 0.2) is 0 Å². The van der Waals surface area contributed by atoms with Gasteiger partial charge in [0.2, 0.25) is 0 Å². The summed E-state index contributed by atoms with van der Waals surface area (Å²) in [5, 5.41) is 7.39. The summed E-state index contributed by atoms with van der Waals surface area (Å²) in [5.74, 6) is 0. The summed E-state index contributed by atoms with van der Waals surface area (Å²) in [6, 6.07) is 5.13. The molecule has 0 fully saturated rings. The molecule has 0 aliphatic rings. The average Bonchev–Trinajstić information content (AvgIpc) is 2.14. The molecule has 0 unspecified atom stereocenters. The zero-order valence-corrected chi connectivity index (χ0v) is 8.28. The minimum Gasteiger partial charge on any atom is -0.399 e. The lowest BCUT2D eigenvalue weighted by molar-refractivity contribution is 1.17. The third-order valence-electron chi connectivity index (χ3n) is 1.26. The predicted octanol–water partition coefficient (Wildman–Crippen LogP) is 2.59. The van der Waals surface area contributed by atoms with Crippen LogP contribution in [0.4, 0.5) is 17.1 Å². The molecule has 72 valence electrons. The molecule has 1 aromatic rings. The Kier molecular flexibility index (Phi) is 5.27. The normalized spacial score (nSPS) is 9.46. The number of hydrogen-bond donors (Lipinski definition) is 2. The quantitative estimate of drug-likeness (QED) is 0.514. The van der Waals surface area contributed by atoms with E-state index in [9.17, 15) is 0 Å². The second-order valence-electron chi connectivity index (χ2n) is 2.12. The Morgan fingerprint density at radius 2 is 1.77 bits per heavy atom. The fourth-order valence-corrected chi connectivity index (χ4v) is 0.772. The minimum atomic E-state index is 0.551. The largest absolute Gasteiger partial charge is 0.399 e. The van der Waals surface area contributed by atoms with Gasteiger partial charge in [-0.2, -0.15) is 10.2 Å². The van der Waals surface area contributed by atoms with E-state index in [2.05, 4.69) is 10.2 Å². The van der Waals surface area contributed by atoms with E-state index in [1.165, 1.54) is 0 Å². The van der Waals surface area contributed by atoms with Crippen molar-refractivity contribution in [3.05, 3.63) is 18.2 Å². The van der Waals surface area contributed by atoms with Crippen molar-refractivity contribution in [3.8, 4) is 0 Å². The smallest absolute Gasteiger partial charge is 0.108 e. The fourth-order valence-electron chi connectivity index (χ4n) is 0.772. The van der Waals surface area contributed by atoms with Gasteiger partial charge in [-0.3, -0.25) is 0 Å². The molecule has 1 rings (SSSR count). The molecule has 0 aliphatic heterocycles. The molecule has 0 aromatic heterocycles. The second-order valence-corrected chi connectivity index (χ2v) is 2.12. The maximum Gasteiger partial charge on any atom is 0.108 e. The summed E-state index contributed by atoms with van der Waals surface area (Å²) < 4.78 is 0. The van der Waals surface area contributed by atoms with Gasteiger partial charge in [0, 0.05) is 12.7 Å². The highest BCUT2D eigenvalue weighted by Crippen LogP contribution is 2.23. The van der Waals surface area contributed by atoms with Crippen LogP contribution in [0.5, 0.6) is 0 Å². The number of benzene rings is 1. The molecule has 4 nitrogen and oxygen atoms in total. The number of hydrogen-bond acceptors (Lipinski definition) is 4. The highest BCUT2D eigenvalue weighted by Gasteiger charge is 1.95. The van der Waals surface area contributed by atoms with E-state index in [0.717, 1.165) is 0 Å². The predicted molar refractivity (Wildman–Crippen MR) is 57.1 cm³/mol. The van der Waals surface area contributed by atoms with Crippen LogP contribution in [-0.2, 0) is 0 Å². The lowest BCUT2D eigenvalue weighted by Crippen LogP contribution is -1.89. The molecule has 13 heavy (non-hydrogen) atoms. The Bertz CT molecular complexity index is 281. The number of nitrogen functional groups attached to an aromatic ring is 2. The van der Waals surface area contributed by atoms with E-state index >= 15 is 0 Å². The average molecular weight is 180 g/mol. The van der Waals surface area contributed by atoms with E-state index in [0.29, 0.717) is 17.1 Å². The second kappa shape index (κ2) is 5.99. The van der Waals surface area contributed by atoms with Gasteiger partial charge < -0.3 is 11.5 Å². The summed E-state index contributed by atoms with van der Waals surface area (Å²) >= 11 is 0. The van der Waals surface area contributed by atoms with Crippen molar-refractivity contribution in [2.45, 2.75) is 13.8 Å². The SMILES string of the molecule is CC.CN=Nc1ccc(N)cc1N. The Hall–Kier alpha value is -1.58. The molecule has 0 heterocycles. The van der Waals surface area contributed by atoms with Crippen LogP contribution in [0.25, 0.3) is 0 Å². The first-order valence-electron chi connectivity index (χ1n) is 4.19. The molecule has 0 saturated heterocycles. The first kappa shape index (κ1) is 11.4. The lowest BCUT2D eigenvalue weighted by atomic mass is 10.2. The van der Waals surface area contributed by atoms with Crippen molar-refractivity contribution >= 4 is 17.1 Å². The summed E-state index contributed by atoms with van der Waals surface area (Å²) in [6.45, 7) is 4.00. The van der Waals surface area contributed by atoms with Crippen molar-refractivity contribution in [3.63, 3.8) is 0 Å². The molecule has 1 aromatic carbocycles. The maximum atomic E-state index is 5.57. The third-order valence-corrected chi connectivity index (χ3v) is 1.26. The first-order chi connectivity index (χ1) is 6.24. The Balaban J connectivity index is 0.000000671. The third kappa shape index (κ3) is 3.55. The molecule has 4 N–H and O–H groups in total. The van der Waals surface area contributed by atoms with Crippen LogP contribution < -0.4 is 11.5 Å². The summed E-state index contributed by atoms with van der Waals surface area (Å²) in [6.07, 6.45) is 0. The van der Waals surface area contributed by atoms with Crippen LogP contribution in [0.1, 0.15) is 13.8 Å². The van der Waals surface area contributed by atoms with E-state index in [1.807, 2.05) is 13.8 Å². The van der Waals surface area contributed by atoms with Gasteiger partial charge in [0.1, 0.15) is 5.69 Å². The van der Waals surface area contributed by atoms with E-state index in [-0.39, 0.29) is 0 Å². The van der Waals surface area contributed by atoms with Gasteiger partial charge in [-0.1, -0.05) is 13.8 Å². The van der Waals surface area contributed by atoms with Gasteiger partial charge in [0.05, 0.1) is 5.69 Å². The molecular weight excluding hydrogens is 164 g/mol. The molecule has 0 aliphatic carbocycles. The molecule has 0 radical (unpaired) electrons. The molecule has 0 atom stereocenters. The van der Waals surface area contributed by atoms with Crippen LogP contribution in [0.2, 0.25) is 0 Å². The van der Waals surface area contributed by atoms with Crippen LogP contribution >= 0.6 is 0 Å². The number of rotatable bonds is 1. The number of anilines is 2. The summed E-state index contributed by atoms with van der Waals surface area (Å²) in [5.41, 5.74) is 12.9. The van der Waals surface area contributed by atoms with Crippen molar-refractivity contribution in [1.29, 1.82) is 0 Å². The number of nitrogens with zero attached hydrogens (tertiary/aromatic N) is 2. The van der Waals surface area contributed by atoms with Crippen molar-refractivity contribution < 1.29 is 0 Å². The summed E-state index contributed by atoms with van der Waals surface area (Å²) in [7, 11) is 1.59. The number of azo groups is 1. The topological polar surface area (TPSA) is 76.8 Å². The zero-order valence-electron chi connectivity index (χ0n) is 8.28. The van der Waals surface area contributed by atoms with Crippen LogP contribution in [0.15, 0.2) is 28.4 Å². The first-order valence-corrected chi connectivity index (χ1v) is 4.19. The Morgan fingerprint density at radius 3 is 2.23 bits per heavy atom.